The van der Waals surface area contributed by atoms with Crippen molar-refractivity contribution >= 4 is 27.4 Å². The van der Waals surface area contributed by atoms with Crippen molar-refractivity contribution in [2.24, 2.45) is 5.14 Å². The van der Waals surface area contributed by atoms with Crippen LogP contribution in [0.15, 0.2) is 71.6 Å². The molecule has 3 aromatic carbocycles. The van der Waals surface area contributed by atoms with E-state index < -0.39 is 26.5 Å². The molecule has 0 aliphatic carbocycles. The van der Waals surface area contributed by atoms with Crippen molar-refractivity contribution in [2.45, 2.75) is 11.3 Å². The van der Waals surface area contributed by atoms with Gasteiger partial charge in [0.25, 0.3) is 0 Å². The van der Waals surface area contributed by atoms with Crippen LogP contribution in [-0.4, -0.2) is 26.0 Å². The van der Waals surface area contributed by atoms with Gasteiger partial charge in [-0.15, -0.1) is 0 Å². The Morgan fingerprint density at radius 2 is 1.67 bits per heavy atom. The SMILES string of the molecule is Nc1ccc(Oc2ccc(C(=O)O)c(S(N)(=O)=O)c2NCCc2ccccc2)cc1. The van der Waals surface area contributed by atoms with Gasteiger partial charge < -0.3 is 20.9 Å². The van der Waals surface area contributed by atoms with Crippen molar-refractivity contribution in [2.75, 3.05) is 17.6 Å². The van der Waals surface area contributed by atoms with E-state index in [2.05, 4.69) is 5.32 Å². The number of aromatic carboxylic acids is 1. The monoisotopic (exact) mass is 427 g/mol. The van der Waals surface area contributed by atoms with Gasteiger partial charge in [-0.1, -0.05) is 30.3 Å². The summed E-state index contributed by atoms with van der Waals surface area (Å²) in [5, 5.41) is 17.8. The smallest absolute Gasteiger partial charge is 0.337 e. The summed E-state index contributed by atoms with van der Waals surface area (Å²) in [6, 6.07) is 18.6. The Balaban J connectivity index is 2.01. The molecule has 0 heterocycles. The predicted octanol–water partition coefficient (Wildman–Crippen LogP) is 3.06. The van der Waals surface area contributed by atoms with E-state index in [1.165, 1.54) is 6.07 Å². The molecule has 0 bridgehead atoms. The third-order valence-electron chi connectivity index (χ3n) is 4.30. The fraction of sp³-hybridized carbons (Fsp3) is 0.0952. The second-order valence-electron chi connectivity index (χ2n) is 6.50. The molecule has 0 amide bonds. The van der Waals surface area contributed by atoms with Gasteiger partial charge in [-0.05, 0) is 48.4 Å². The molecule has 9 heteroatoms. The zero-order valence-electron chi connectivity index (χ0n) is 15.9. The van der Waals surface area contributed by atoms with Crippen LogP contribution in [0, 0.1) is 0 Å². The highest BCUT2D eigenvalue weighted by atomic mass is 32.2. The van der Waals surface area contributed by atoms with E-state index >= 15 is 0 Å². The van der Waals surface area contributed by atoms with Gasteiger partial charge in [0, 0.05) is 12.2 Å². The lowest BCUT2D eigenvalue weighted by molar-refractivity contribution is 0.0692. The molecule has 0 aliphatic heterocycles. The number of sulfonamides is 1. The molecule has 3 rings (SSSR count). The van der Waals surface area contributed by atoms with Crippen molar-refractivity contribution < 1.29 is 23.1 Å². The van der Waals surface area contributed by atoms with Crippen LogP contribution < -0.4 is 20.9 Å². The number of nitrogen functional groups attached to an aromatic ring is 1. The minimum atomic E-state index is -4.37. The summed E-state index contributed by atoms with van der Waals surface area (Å²) in [5.74, 6) is -0.884. The lowest BCUT2D eigenvalue weighted by atomic mass is 10.1. The molecule has 0 spiro atoms. The van der Waals surface area contributed by atoms with Gasteiger partial charge >= 0.3 is 5.97 Å². The van der Waals surface area contributed by atoms with Crippen molar-refractivity contribution in [1.29, 1.82) is 0 Å². The van der Waals surface area contributed by atoms with Crippen LogP contribution in [0.1, 0.15) is 15.9 Å². The van der Waals surface area contributed by atoms with Gasteiger partial charge in [-0.25, -0.2) is 18.4 Å². The second kappa shape index (κ2) is 8.85. The molecule has 0 aromatic heterocycles. The fourth-order valence-electron chi connectivity index (χ4n) is 2.92. The number of hydrogen-bond acceptors (Lipinski definition) is 6. The fourth-order valence-corrected chi connectivity index (χ4v) is 3.84. The number of ether oxygens (including phenoxy) is 1. The normalized spacial score (nSPS) is 11.1. The lowest BCUT2D eigenvalue weighted by Crippen LogP contribution is -2.20. The minimum Gasteiger partial charge on any atom is -0.478 e. The van der Waals surface area contributed by atoms with Gasteiger partial charge in [0.15, 0.2) is 5.75 Å². The van der Waals surface area contributed by atoms with Crippen LogP contribution in [0.25, 0.3) is 0 Å². The molecule has 0 aliphatic rings. The lowest BCUT2D eigenvalue weighted by Gasteiger charge is -2.18. The third-order valence-corrected chi connectivity index (χ3v) is 5.29. The molecule has 3 aromatic rings. The number of carbonyl (C=O) groups is 1. The molecule has 156 valence electrons. The van der Waals surface area contributed by atoms with Crippen molar-refractivity contribution in [3.63, 3.8) is 0 Å². The van der Waals surface area contributed by atoms with Crippen LogP contribution in [0.2, 0.25) is 0 Å². The Bertz CT molecular complexity index is 1150. The average Bonchev–Trinajstić information content (AvgIpc) is 2.70. The zero-order valence-corrected chi connectivity index (χ0v) is 16.7. The van der Waals surface area contributed by atoms with Gasteiger partial charge in [0.05, 0.1) is 11.3 Å². The molecule has 0 saturated carbocycles. The largest absolute Gasteiger partial charge is 0.478 e. The maximum atomic E-state index is 12.3. The predicted molar refractivity (Wildman–Crippen MR) is 114 cm³/mol. The number of carboxylic acids is 1. The average molecular weight is 427 g/mol. The van der Waals surface area contributed by atoms with Crippen molar-refractivity contribution in [1.82, 2.24) is 0 Å². The van der Waals surface area contributed by atoms with Crippen LogP contribution in [0.3, 0.4) is 0 Å². The molecule has 0 atom stereocenters. The van der Waals surface area contributed by atoms with E-state index in [1.807, 2.05) is 30.3 Å². The molecule has 30 heavy (non-hydrogen) atoms. The van der Waals surface area contributed by atoms with Gasteiger partial charge in [-0.2, -0.15) is 0 Å². The summed E-state index contributed by atoms with van der Waals surface area (Å²) in [7, 11) is -4.37. The number of hydrogen-bond donors (Lipinski definition) is 4. The van der Waals surface area contributed by atoms with Crippen molar-refractivity contribution in [3.8, 4) is 11.5 Å². The first-order chi connectivity index (χ1) is 14.3. The van der Waals surface area contributed by atoms with Gasteiger partial charge in [-0.3, -0.25) is 0 Å². The summed E-state index contributed by atoms with van der Waals surface area (Å²) in [4.78, 5) is 11.1. The van der Waals surface area contributed by atoms with Crippen LogP contribution in [0.4, 0.5) is 11.4 Å². The summed E-state index contributed by atoms with van der Waals surface area (Å²) in [6.07, 6.45) is 0.573. The number of nitrogens with two attached hydrogens (primary N) is 2. The number of carboxylic acid groups (broad SMARTS) is 1. The maximum absolute atomic E-state index is 12.3. The molecular formula is C21H21N3O5S. The topological polar surface area (TPSA) is 145 Å². The highest BCUT2D eigenvalue weighted by Crippen LogP contribution is 2.37. The first-order valence-corrected chi connectivity index (χ1v) is 10.5. The molecular weight excluding hydrogens is 406 g/mol. The molecule has 0 radical (unpaired) electrons. The second-order valence-corrected chi connectivity index (χ2v) is 8.00. The van der Waals surface area contributed by atoms with Crippen molar-refractivity contribution in [3.05, 3.63) is 77.9 Å². The van der Waals surface area contributed by atoms with E-state index in [4.69, 9.17) is 15.6 Å². The number of benzene rings is 3. The zero-order chi connectivity index (χ0) is 21.7. The third kappa shape index (κ3) is 5.07. The first kappa shape index (κ1) is 21.2. The highest BCUT2D eigenvalue weighted by molar-refractivity contribution is 7.89. The van der Waals surface area contributed by atoms with E-state index in [-0.39, 0.29) is 11.4 Å². The minimum absolute atomic E-state index is 0.00911. The summed E-state index contributed by atoms with van der Waals surface area (Å²) >= 11 is 0. The standard InChI is InChI=1S/C21H21N3O5S/c22-15-6-8-16(9-7-15)29-18-11-10-17(21(25)26)20(30(23,27)28)19(18)24-13-12-14-4-2-1-3-5-14/h1-11,24H,12-13,22H2,(H,25,26)(H2,23,27,28). The van der Waals surface area contributed by atoms with E-state index in [0.29, 0.717) is 24.4 Å². The molecule has 0 unspecified atom stereocenters. The summed E-state index contributed by atoms with van der Waals surface area (Å²) in [6.45, 7) is 0.327. The molecule has 0 fully saturated rings. The first-order valence-electron chi connectivity index (χ1n) is 9.00. The Labute approximate surface area is 174 Å². The van der Waals surface area contributed by atoms with Gasteiger partial charge in [0.1, 0.15) is 10.6 Å². The summed E-state index contributed by atoms with van der Waals surface area (Å²) in [5.41, 5.74) is 6.79. The van der Waals surface area contributed by atoms with E-state index in [1.54, 1.807) is 24.3 Å². The maximum Gasteiger partial charge on any atom is 0.337 e. The summed E-state index contributed by atoms with van der Waals surface area (Å²) < 4.78 is 30.3. The number of primary sulfonamides is 1. The van der Waals surface area contributed by atoms with Gasteiger partial charge in [0.2, 0.25) is 10.0 Å². The Morgan fingerprint density at radius 3 is 2.27 bits per heavy atom. The number of anilines is 2. The van der Waals surface area contributed by atoms with Crippen LogP contribution in [-0.2, 0) is 16.4 Å². The molecule has 8 nitrogen and oxygen atoms in total. The number of nitrogens with one attached hydrogen (secondary N) is 1. The number of rotatable bonds is 8. The quantitative estimate of drug-likeness (QED) is 0.404. The van der Waals surface area contributed by atoms with Crippen LogP contribution >= 0.6 is 0 Å². The molecule has 6 N–H and O–H groups in total. The Morgan fingerprint density at radius 1 is 1.00 bits per heavy atom. The van der Waals surface area contributed by atoms with E-state index in [0.717, 1.165) is 11.6 Å². The Kier molecular flexibility index (Phi) is 6.24. The van der Waals surface area contributed by atoms with E-state index in [9.17, 15) is 18.3 Å². The van der Waals surface area contributed by atoms with Crippen LogP contribution in [0.5, 0.6) is 11.5 Å². The molecule has 0 saturated heterocycles. The highest BCUT2D eigenvalue weighted by Gasteiger charge is 2.26. The Hall–Kier alpha value is -3.56.